The first-order chi connectivity index (χ1) is 25.1. The Balaban J connectivity index is 1.62. The molecular weight excluding hydrogens is 694 g/mol. The number of hydrogen-bond acceptors (Lipinski definition) is 10. The molecule has 2 aromatic carbocycles. The summed E-state index contributed by atoms with van der Waals surface area (Å²) in [4.78, 5) is 97.0. The number of nitrogens with zero attached hydrogens (tertiary/aromatic N) is 2. The summed E-state index contributed by atoms with van der Waals surface area (Å²) in [7, 11) is 0. The third kappa shape index (κ3) is 13.4. The van der Waals surface area contributed by atoms with Crippen molar-refractivity contribution in [3.05, 3.63) is 75.9 Å². The van der Waals surface area contributed by atoms with Gasteiger partial charge in [-0.25, -0.2) is 9.59 Å². The molecule has 0 spiro atoms. The number of unbranched alkanes of at least 4 members (excludes halogenated alkanes) is 2. The molecule has 0 unspecified atom stereocenters. The lowest BCUT2D eigenvalue weighted by atomic mass is 10.0. The van der Waals surface area contributed by atoms with E-state index >= 15 is 0 Å². The van der Waals surface area contributed by atoms with E-state index in [0.29, 0.717) is 30.5 Å². The van der Waals surface area contributed by atoms with E-state index in [4.69, 9.17) is 15.6 Å². The second-order valence-electron chi connectivity index (χ2n) is 12.5. The zero-order chi connectivity index (χ0) is 39.1. The molecule has 0 fully saturated rings. The second-order valence-corrected chi connectivity index (χ2v) is 12.5. The number of anilines is 1. The molecule has 53 heavy (non-hydrogen) atoms. The van der Waals surface area contributed by atoms with Gasteiger partial charge in [0.25, 0.3) is 17.5 Å². The molecule has 7 N–H and O–H groups in total. The lowest BCUT2D eigenvalue weighted by Gasteiger charge is -2.25. The van der Waals surface area contributed by atoms with Gasteiger partial charge in [0.05, 0.1) is 4.92 Å². The van der Waals surface area contributed by atoms with E-state index in [1.165, 1.54) is 24.3 Å². The van der Waals surface area contributed by atoms with Crippen LogP contribution in [0.4, 0.5) is 21.0 Å². The number of carboxylic acid groups (broad SMARTS) is 1. The predicted molar refractivity (Wildman–Crippen MR) is 189 cm³/mol. The topological polar surface area (TPSA) is 269 Å². The molecule has 284 valence electrons. The number of imide groups is 1. The zero-order valence-corrected chi connectivity index (χ0v) is 29.3. The molecule has 3 rings (SSSR count). The Hall–Kier alpha value is -6.33. The predicted octanol–water partition coefficient (Wildman–Crippen LogP) is 2.74. The van der Waals surface area contributed by atoms with Crippen molar-refractivity contribution in [3.63, 3.8) is 0 Å². The fraction of sp³-hybridized carbons (Fsp3) is 0.400. The normalized spacial score (nSPS) is 13.3. The van der Waals surface area contributed by atoms with Crippen LogP contribution < -0.4 is 31.7 Å². The van der Waals surface area contributed by atoms with Crippen LogP contribution in [0.1, 0.15) is 63.5 Å². The summed E-state index contributed by atoms with van der Waals surface area (Å²) in [5, 5.41) is 30.9. The summed E-state index contributed by atoms with van der Waals surface area (Å²) in [6.07, 6.45) is 2.94. The van der Waals surface area contributed by atoms with Crippen LogP contribution >= 0.6 is 0 Å². The molecule has 0 aromatic heterocycles. The van der Waals surface area contributed by atoms with Crippen LogP contribution in [0.3, 0.4) is 0 Å². The monoisotopic (exact) mass is 737 g/mol. The molecule has 2 atom stereocenters. The smallest absolute Gasteiger partial charge is 0.449 e. The summed E-state index contributed by atoms with van der Waals surface area (Å²) < 4.78 is 4.77. The van der Waals surface area contributed by atoms with Crippen molar-refractivity contribution in [2.45, 2.75) is 70.9 Å². The minimum absolute atomic E-state index is 0.0656. The molecule has 18 heteroatoms. The van der Waals surface area contributed by atoms with E-state index in [1.54, 1.807) is 38.1 Å². The second kappa shape index (κ2) is 19.9. The van der Waals surface area contributed by atoms with E-state index in [1.807, 2.05) is 0 Å². The molecule has 1 heterocycles. The van der Waals surface area contributed by atoms with Gasteiger partial charge >= 0.3 is 12.2 Å². The Morgan fingerprint density at radius 1 is 0.925 bits per heavy atom. The third-order valence-corrected chi connectivity index (χ3v) is 8.12. The molecular formula is C35H43N7O11. The number of benzene rings is 2. The average Bonchev–Trinajstić information content (AvgIpc) is 3.41. The fourth-order valence-electron chi connectivity index (χ4n) is 5.38. The maximum Gasteiger partial charge on any atom is 0.511 e. The molecule has 2 aromatic rings. The molecule has 0 aliphatic carbocycles. The van der Waals surface area contributed by atoms with Crippen molar-refractivity contribution in [3.8, 4) is 5.75 Å². The number of carbonyl (C=O) groups is 7. The Morgan fingerprint density at radius 3 is 2.21 bits per heavy atom. The SMILES string of the molecule is CC(C)[C@H](NC(=O)CCCCCN1C(=O)C=CC1=O)C(=O)N[C@@H](CCCNC(N)=O)C(=O)Nc1ccc(Cc2cc([N+](=O)[O-])ccc2OC(=O)O)cc1. The number of rotatable bonds is 20. The Kier molecular flexibility index (Phi) is 15.4. The van der Waals surface area contributed by atoms with Gasteiger partial charge in [-0.1, -0.05) is 32.4 Å². The highest BCUT2D eigenvalue weighted by molar-refractivity contribution is 6.12. The lowest BCUT2D eigenvalue weighted by Crippen LogP contribution is -2.54. The largest absolute Gasteiger partial charge is 0.511 e. The van der Waals surface area contributed by atoms with Crippen LogP contribution in [0.25, 0.3) is 0 Å². The average molecular weight is 738 g/mol. The number of nitro groups is 1. The summed E-state index contributed by atoms with van der Waals surface area (Å²) in [6.45, 7) is 3.86. The van der Waals surface area contributed by atoms with E-state index in [0.717, 1.165) is 11.0 Å². The first-order valence-electron chi connectivity index (χ1n) is 16.9. The van der Waals surface area contributed by atoms with Gasteiger partial charge in [0.15, 0.2) is 0 Å². The highest BCUT2D eigenvalue weighted by Crippen LogP contribution is 2.27. The zero-order valence-electron chi connectivity index (χ0n) is 29.3. The first kappa shape index (κ1) is 41.1. The van der Waals surface area contributed by atoms with Gasteiger partial charge in [-0.3, -0.25) is 39.0 Å². The first-order valence-corrected chi connectivity index (χ1v) is 16.9. The van der Waals surface area contributed by atoms with Gasteiger partial charge in [0.2, 0.25) is 17.7 Å². The summed E-state index contributed by atoms with van der Waals surface area (Å²) in [6, 6.07) is 7.09. The number of nitrogens with one attached hydrogen (secondary N) is 4. The number of nitrogens with two attached hydrogens (primary N) is 1. The Labute approximate surface area is 304 Å². The van der Waals surface area contributed by atoms with Gasteiger partial charge in [-0.15, -0.1) is 0 Å². The molecule has 0 saturated heterocycles. The summed E-state index contributed by atoms with van der Waals surface area (Å²) in [5.74, 6) is -2.71. The molecule has 18 nitrogen and oxygen atoms in total. The van der Waals surface area contributed by atoms with E-state index in [9.17, 15) is 43.7 Å². The van der Waals surface area contributed by atoms with Crippen molar-refractivity contribution in [1.82, 2.24) is 20.9 Å². The number of ether oxygens (including phenoxy) is 1. The molecule has 0 radical (unpaired) electrons. The summed E-state index contributed by atoms with van der Waals surface area (Å²) >= 11 is 0. The number of carbonyl (C=O) groups excluding carboxylic acids is 6. The van der Waals surface area contributed by atoms with Crippen LogP contribution in [0.2, 0.25) is 0 Å². The van der Waals surface area contributed by atoms with Crippen molar-refractivity contribution in [1.29, 1.82) is 0 Å². The number of non-ortho nitro benzene ring substituents is 1. The van der Waals surface area contributed by atoms with Gasteiger partial charge in [0.1, 0.15) is 17.8 Å². The van der Waals surface area contributed by atoms with Crippen molar-refractivity contribution >= 4 is 53.1 Å². The van der Waals surface area contributed by atoms with Crippen LogP contribution in [-0.4, -0.2) is 81.8 Å². The maximum absolute atomic E-state index is 13.4. The van der Waals surface area contributed by atoms with Crippen LogP contribution in [-0.2, 0) is 30.4 Å². The minimum atomic E-state index is -1.58. The van der Waals surface area contributed by atoms with Gasteiger partial charge < -0.3 is 36.8 Å². The Bertz CT molecular complexity index is 1710. The van der Waals surface area contributed by atoms with Crippen LogP contribution in [0, 0.1) is 16.0 Å². The van der Waals surface area contributed by atoms with E-state index in [2.05, 4.69) is 21.3 Å². The molecule has 0 bridgehead atoms. The number of nitro benzene ring substituents is 1. The number of urea groups is 1. The molecule has 0 saturated carbocycles. The molecule has 7 amide bonds. The van der Waals surface area contributed by atoms with Crippen LogP contribution in [0.15, 0.2) is 54.6 Å². The fourth-order valence-corrected chi connectivity index (χ4v) is 5.38. The maximum atomic E-state index is 13.4. The summed E-state index contributed by atoms with van der Waals surface area (Å²) in [5.41, 5.74) is 6.10. The van der Waals surface area contributed by atoms with Crippen molar-refractivity contribution in [2.75, 3.05) is 18.4 Å². The highest BCUT2D eigenvalue weighted by Gasteiger charge is 2.29. The standard InChI is InChI=1S/C35H43N7O11/c1-21(2)31(40-28(43)8-4-3-5-18-41-29(44)15-16-30(41)45)33(47)39-26(7-6-17-37-34(36)48)32(46)38-24-11-9-22(10-12-24)19-23-20-25(42(51)52)13-14-27(23)53-35(49)50/h9-16,20-21,26,31H,3-8,17-19H2,1-2H3,(H,38,46)(H,39,47)(H,40,43)(H,49,50)(H3,36,37,48)/t26-,31-/m0/s1. The van der Waals surface area contributed by atoms with Gasteiger partial charge in [0, 0.05) is 61.5 Å². The number of primary amides is 1. The highest BCUT2D eigenvalue weighted by atomic mass is 16.7. The van der Waals surface area contributed by atoms with Crippen molar-refractivity contribution < 1.29 is 48.3 Å². The number of hydrogen-bond donors (Lipinski definition) is 6. The van der Waals surface area contributed by atoms with Gasteiger partial charge in [-0.05, 0) is 55.4 Å². The van der Waals surface area contributed by atoms with Crippen LogP contribution in [0.5, 0.6) is 5.75 Å². The molecule has 1 aliphatic rings. The number of amides is 7. The van der Waals surface area contributed by atoms with Crippen molar-refractivity contribution in [2.24, 2.45) is 11.7 Å². The minimum Gasteiger partial charge on any atom is -0.449 e. The van der Waals surface area contributed by atoms with Gasteiger partial charge in [-0.2, -0.15) is 0 Å². The third-order valence-electron chi connectivity index (χ3n) is 8.12. The quantitative estimate of drug-likeness (QED) is 0.0287. The Morgan fingerprint density at radius 2 is 1.60 bits per heavy atom. The molecule has 1 aliphatic heterocycles. The van der Waals surface area contributed by atoms with E-state index < -0.39 is 41.0 Å². The van der Waals surface area contributed by atoms with E-state index in [-0.39, 0.29) is 79.4 Å². The lowest BCUT2D eigenvalue weighted by molar-refractivity contribution is -0.384.